The van der Waals surface area contributed by atoms with Gasteiger partial charge >= 0.3 is 17.6 Å². The molecule has 0 heterocycles. The Hall–Kier alpha value is -2.51. The van der Waals surface area contributed by atoms with E-state index in [9.17, 15) is 32.9 Å². The zero-order valence-corrected chi connectivity index (χ0v) is 11.3. The van der Waals surface area contributed by atoms with Crippen molar-refractivity contribution < 1.29 is 32.7 Å². The average Bonchev–Trinajstić information content (AvgIpc) is 2.35. The SMILES string of the molecule is O=Ic1c(C(=O)O)cc([N+](=O)[O-])c(C(=O)O)c1[N+](=O)[O-]. The molecule has 0 amide bonds. The Morgan fingerprint density at radius 2 is 1.65 bits per heavy atom. The summed E-state index contributed by atoms with van der Waals surface area (Å²) in [5.74, 6) is -3.77. The van der Waals surface area contributed by atoms with Gasteiger partial charge in [-0.2, -0.15) is 0 Å². The quantitative estimate of drug-likeness (QED) is 0.421. The smallest absolute Gasteiger partial charge is 0.349 e. The second-order valence-corrected chi connectivity index (χ2v) is 4.70. The zero-order chi connectivity index (χ0) is 15.6. The van der Waals surface area contributed by atoms with E-state index in [4.69, 9.17) is 10.2 Å². The number of carboxylic acid groups (broad SMARTS) is 2. The van der Waals surface area contributed by atoms with Crippen molar-refractivity contribution >= 4 is 44.5 Å². The van der Waals surface area contributed by atoms with E-state index in [1.54, 1.807) is 0 Å². The molecule has 0 saturated heterocycles. The summed E-state index contributed by atoms with van der Waals surface area (Å²) in [6, 6.07) is 0.353. The van der Waals surface area contributed by atoms with Crippen LogP contribution in [0.2, 0.25) is 0 Å². The number of hydrogen-bond donors (Lipinski definition) is 2. The van der Waals surface area contributed by atoms with Gasteiger partial charge in [0.15, 0.2) is 21.2 Å². The van der Waals surface area contributed by atoms with Crippen LogP contribution in [0, 0.1) is 23.8 Å². The number of hydrogen-bond acceptors (Lipinski definition) is 7. The molecule has 0 bridgehead atoms. The van der Waals surface area contributed by atoms with Crippen molar-refractivity contribution in [1.29, 1.82) is 0 Å². The Balaban J connectivity index is 4.05. The fourth-order valence-corrected chi connectivity index (χ4v) is 2.69. The van der Waals surface area contributed by atoms with Gasteiger partial charge in [0.05, 0.1) is 15.4 Å². The highest BCUT2D eigenvalue weighted by molar-refractivity contribution is 14.1. The largest absolute Gasteiger partial charge is 0.478 e. The standard InChI is InChI=1S/C8H3IN2O9/c12-7(13)2-1-3(10(17)18)4(8(14)15)6(11(19)20)5(2)9-16/h1H,(H,12,13)(H,14,15). The third-order valence-corrected chi connectivity index (χ3v) is 3.65. The molecular weight excluding hydrogens is 395 g/mol. The molecule has 0 spiro atoms. The van der Waals surface area contributed by atoms with Crippen molar-refractivity contribution in [2.24, 2.45) is 0 Å². The summed E-state index contributed by atoms with van der Waals surface area (Å²) < 4.78 is 10.2. The molecule has 0 radical (unpaired) electrons. The third-order valence-electron chi connectivity index (χ3n) is 2.12. The van der Waals surface area contributed by atoms with Crippen LogP contribution in [0.3, 0.4) is 0 Å². The Morgan fingerprint density at radius 1 is 1.10 bits per heavy atom. The third kappa shape index (κ3) is 2.58. The first-order valence-corrected chi connectivity index (χ1v) is 6.41. The van der Waals surface area contributed by atoms with Gasteiger partial charge in [-0.1, -0.05) is 0 Å². The number of nitro groups is 2. The minimum absolute atomic E-state index is 0.353. The van der Waals surface area contributed by atoms with Gasteiger partial charge in [0.2, 0.25) is 5.56 Å². The van der Waals surface area contributed by atoms with Crippen molar-refractivity contribution in [1.82, 2.24) is 0 Å². The van der Waals surface area contributed by atoms with E-state index in [0.717, 1.165) is 0 Å². The maximum absolute atomic E-state index is 11.0. The molecule has 12 heteroatoms. The molecular formula is C8H3IN2O9. The molecule has 1 aromatic carbocycles. The van der Waals surface area contributed by atoms with E-state index in [2.05, 4.69) is 0 Å². The number of nitro benzene ring substituents is 2. The second kappa shape index (κ2) is 5.64. The molecule has 1 aromatic rings. The monoisotopic (exact) mass is 398 g/mol. The topological polar surface area (TPSA) is 178 Å². The lowest BCUT2D eigenvalue weighted by atomic mass is 10.1. The molecule has 1 rings (SSSR count). The lowest BCUT2D eigenvalue weighted by Crippen LogP contribution is -2.13. The minimum Gasteiger partial charge on any atom is -0.478 e. The molecule has 20 heavy (non-hydrogen) atoms. The van der Waals surface area contributed by atoms with Crippen LogP contribution >= 0.6 is 21.2 Å². The van der Waals surface area contributed by atoms with Crippen molar-refractivity contribution in [3.63, 3.8) is 0 Å². The van der Waals surface area contributed by atoms with Crippen LogP contribution in [0.4, 0.5) is 11.4 Å². The maximum Gasteiger partial charge on any atom is 0.349 e. The summed E-state index contributed by atoms with van der Waals surface area (Å²) in [6.45, 7) is 0. The van der Waals surface area contributed by atoms with Crippen LogP contribution in [-0.4, -0.2) is 32.0 Å². The van der Waals surface area contributed by atoms with E-state index in [1.807, 2.05) is 0 Å². The van der Waals surface area contributed by atoms with E-state index >= 15 is 0 Å². The van der Waals surface area contributed by atoms with Crippen molar-refractivity contribution in [3.8, 4) is 0 Å². The molecule has 0 aliphatic rings. The first-order valence-electron chi connectivity index (χ1n) is 4.45. The van der Waals surface area contributed by atoms with Crippen LogP contribution in [0.15, 0.2) is 6.07 Å². The van der Waals surface area contributed by atoms with E-state index in [-0.39, 0.29) is 0 Å². The predicted octanol–water partition coefficient (Wildman–Crippen LogP) is 1.39. The van der Waals surface area contributed by atoms with E-state index in [1.165, 1.54) is 0 Å². The molecule has 0 unspecified atom stereocenters. The Kier molecular flexibility index (Phi) is 4.38. The van der Waals surface area contributed by atoms with Gasteiger partial charge in [0.25, 0.3) is 5.69 Å². The number of carbonyl (C=O) groups is 2. The summed E-state index contributed by atoms with van der Waals surface area (Å²) in [4.78, 5) is 40.9. The minimum atomic E-state index is -2.43. The van der Waals surface area contributed by atoms with Gasteiger partial charge in [-0.25, -0.2) is 9.59 Å². The Morgan fingerprint density at radius 3 is 1.95 bits per heavy atom. The van der Waals surface area contributed by atoms with Crippen molar-refractivity contribution in [2.45, 2.75) is 0 Å². The van der Waals surface area contributed by atoms with Crippen LogP contribution < -0.4 is 0 Å². The van der Waals surface area contributed by atoms with Gasteiger partial charge in [0, 0.05) is 6.07 Å². The summed E-state index contributed by atoms with van der Waals surface area (Å²) in [7, 11) is 0. The number of halogens is 1. The lowest BCUT2D eigenvalue weighted by Gasteiger charge is -2.04. The summed E-state index contributed by atoms with van der Waals surface area (Å²) in [5.41, 5.74) is -4.79. The summed E-state index contributed by atoms with van der Waals surface area (Å²) in [6.07, 6.45) is 0. The highest BCUT2D eigenvalue weighted by atomic mass is 127. The van der Waals surface area contributed by atoms with Crippen LogP contribution in [0.25, 0.3) is 0 Å². The highest BCUT2D eigenvalue weighted by Crippen LogP contribution is 2.37. The van der Waals surface area contributed by atoms with Crippen molar-refractivity contribution in [2.75, 3.05) is 0 Å². The Labute approximate surface area is 118 Å². The number of carboxylic acids is 2. The Bertz CT molecular complexity index is 668. The van der Waals surface area contributed by atoms with E-state index < -0.39 is 69.0 Å². The second-order valence-electron chi connectivity index (χ2n) is 3.18. The average molecular weight is 398 g/mol. The van der Waals surface area contributed by atoms with Gasteiger partial charge in [-0.05, 0) is 0 Å². The van der Waals surface area contributed by atoms with Crippen LogP contribution in [-0.2, 0) is 3.07 Å². The van der Waals surface area contributed by atoms with Gasteiger partial charge in [0.1, 0.15) is 3.57 Å². The number of aromatic carboxylic acids is 2. The molecule has 11 nitrogen and oxygen atoms in total. The van der Waals surface area contributed by atoms with Crippen LogP contribution in [0.1, 0.15) is 20.7 Å². The molecule has 0 atom stereocenters. The normalized spacial score (nSPS) is 10.0. The fraction of sp³-hybridized carbons (Fsp3) is 0. The van der Waals surface area contributed by atoms with Gasteiger partial charge in [-0.15, -0.1) is 0 Å². The van der Waals surface area contributed by atoms with Crippen LogP contribution in [0.5, 0.6) is 0 Å². The molecule has 0 aromatic heterocycles. The summed E-state index contributed by atoms with van der Waals surface area (Å²) >= 11 is -2.43. The molecule has 0 saturated carbocycles. The van der Waals surface area contributed by atoms with Gasteiger partial charge in [-0.3, -0.25) is 23.3 Å². The van der Waals surface area contributed by atoms with E-state index in [0.29, 0.717) is 6.07 Å². The molecule has 106 valence electrons. The number of benzene rings is 1. The number of rotatable bonds is 5. The maximum atomic E-state index is 11.0. The zero-order valence-electron chi connectivity index (χ0n) is 9.10. The number of nitrogens with zero attached hydrogens (tertiary/aromatic N) is 2. The molecule has 0 fully saturated rings. The lowest BCUT2D eigenvalue weighted by molar-refractivity contribution is -0.395. The molecule has 0 aliphatic carbocycles. The van der Waals surface area contributed by atoms with Crippen molar-refractivity contribution in [3.05, 3.63) is 41.0 Å². The predicted molar refractivity (Wildman–Crippen MR) is 67.1 cm³/mol. The molecule has 0 aliphatic heterocycles. The first kappa shape index (κ1) is 15.5. The first-order chi connectivity index (χ1) is 9.22. The highest BCUT2D eigenvalue weighted by Gasteiger charge is 2.38. The fourth-order valence-electron chi connectivity index (χ4n) is 1.39. The molecule has 2 N–H and O–H groups in total. The van der Waals surface area contributed by atoms with Gasteiger partial charge < -0.3 is 10.2 Å². The summed E-state index contributed by atoms with van der Waals surface area (Å²) in [5, 5.41) is 39.3.